The molecule has 0 spiro atoms. The number of amides is 1. The number of carbonyl (C=O) groups excluding carboxylic acids is 2. The first kappa shape index (κ1) is 15.0. The third-order valence-corrected chi connectivity index (χ3v) is 3.64. The predicted molar refractivity (Wildman–Crippen MR) is 87.3 cm³/mol. The molecule has 1 amide bonds. The molecule has 0 radical (unpaired) electrons. The number of aliphatic imine (C=N–C) groups is 1. The first-order valence-corrected chi connectivity index (χ1v) is 7.21. The molecule has 0 saturated heterocycles. The Bertz CT molecular complexity index is 792. The zero-order chi connectivity index (χ0) is 16.4. The Hall–Kier alpha value is -2.95. The molecule has 1 heterocycles. The molecule has 0 atom stereocenters. The molecule has 5 nitrogen and oxygen atoms in total. The van der Waals surface area contributed by atoms with E-state index in [-0.39, 0.29) is 18.5 Å². The van der Waals surface area contributed by atoms with Crippen LogP contribution in [0.15, 0.2) is 47.5 Å². The van der Waals surface area contributed by atoms with E-state index in [0.29, 0.717) is 11.1 Å². The Labute approximate surface area is 134 Å². The van der Waals surface area contributed by atoms with Crippen molar-refractivity contribution >= 4 is 23.8 Å². The number of hydrogen-bond acceptors (Lipinski definition) is 4. The largest absolute Gasteiger partial charge is 0.457 e. The van der Waals surface area contributed by atoms with Crippen LogP contribution in [-0.4, -0.2) is 37.1 Å². The lowest BCUT2D eigenvalue weighted by atomic mass is 10.1. The highest BCUT2D eigenvalue weighted by atomic mass is 16.5. The van der Waals surface area contributed by atoms with E-state index in [2.05, 4.69) is 4.99 Å². The second-order valence-electron chi connectivity index (χ2n) is 5.46. The molecule has 2 aromatic carbocycles. The third-order valence-electron chi connectivity index (χ3n) is 3.64. The molecule has 5 heteroatoms. The van der Waals surface area contributed by atoms with E-state index in [0.717, 1.165) is 16.8 Å². The number of hydrogen-bond donors (Lipinski definition) is 0. The van der Waals surface area contributed by atoms with Gasteiger partial charge in [-0.1, -0.05) is 18.2 Å². The van der Waals surface area contributed by atoms with E-state index < -0.39 is 0 Å². The van der Waals surface area contributed by atoms with Crippen LogP contribution in [0.1, 0.15) is 31.8 Å². The van der Waals surface area contributed by atoms with Crippen molar-refractivity contribution in [3.63, 3.8) is 0 Å². The topological polar surface area (TPSA) is 59.0 Å². The summed E-state index contributed by atoms with van der Waals surface area (Å²) in [5.74, 6) is -0.339. The van der Waals surface area contributed by atoms with Crippen LogP contribution < -0.4 is 0 Å². The minimum Gasteiger partial charge on any atom is -0.457 e. The second-order valence-corrected chi connectivity index (χ2v) is 5.46. The molecular weight excluding hydrogens is 292 g/mol. The van der Waals surface area contributed by atoms with Gasteiger partial charge >= 0.3 is 5.97 Å². The fraction of sp³-hybridized carbons (Fsp3) is 0.167. The Kier molecular flexibility index (Phi) is 3.93. The molecule has 3 rings (SSSR count). The minimum absolute atomic E-state index is 0.0370. The van der Waals surface area contributed by atoms with Gasteiger partial charge < -0.3 is 9.64 Å². The van der Waals surface area contributed by atoms with Crippen molar-refractivity contribution in [1.82, 2.24) is 4.90 Å². The van der Waals surface area contributed by atoms with Gasteiger partial charge in [0, 0.05) is 31.4 Å². The van der Waals surface area contributed by atoms with Gasteiger partial charge in [0.05, 0.1) is 11.3 Å². The SMILES string of the molecule is CN(C)C(=O)c1ccc(C=Nc2cccc3c2COC3=O)cc1. The maximum atomic E-state index is 11.8. The number of rotatable bonds is 3. The van der Waals surface area contributed by atoms with Gasteiger partial charge in [-0.25, -0.2) is 4.79 Å². The summed E-state index contributed by atoms with van der Waals surface area (Å²) < 4.78 is 5.03. The molecule has 0 aromatic heterocycles. The molecule has 0 bridgehead atoms. The summed E-state index contributed by atoms with van der Waals surface area (Å²) in [6, 6.07) is 12.6. The highest BCUT2D eigenvalue weighted by Gasteiger charge is 2.23. The molecule has 0 saturated carbocycles. The number of ether oxygens (including phenoxy) is 1. The molecule has 0 unspecified atom stereocenters. The molecule has 0 aliphatic carbocycles. The summed E-state index contributed by atoms with van der Waals surface area (Å²) in [7, 11) is 3.44. The minimum atomic E-state index is -0.302. The van der Waals surface area contributed by atoms with Gasteiger partial charge in [0.25, 0.3) is 5.91 Å². The smallest absolute Gasteiger partial charge is 0.338 e. The summed E-state index contributed by atoms with van der Waals surface area (Å²) in [4.78, 5) is 29.4. The van der Waals surface area contributed by atoms with E-state index in [1.165, 1.54) is 4.90 Å². The van der Waals surface area contributed by atoms with Crippen LogP contribution in [0.25, 0.3) is 0 Å². The lowest BCUT2D eigenvalue weighted by Crippen LogP contribution is -2.21. The van der Waals surface area contributed by atoms with Gasteiger partial charge in [0.1, 0.15) is 6.61 Å². The van der Waals surface area contributed by atoms with Gasteiger partial charge in [-0.05, 0) is 29.8 Å². The summed E-state index contributed by atoms with van der Waals surface area (Å²) in [5, 5.41) is 0. The van der Waals surface area contributed by atoms with Crippen LogP contribution in [0.5, 0.6) is 0 Å². The Balaban J connectivity index is 1.82. The number of cyclic esters (lactones) is 1. The van der Waals surface area contributed by atoms with E-state index in [4.69, 9.17) is 4.74 Å². The van der Waals surface area contributed by atoms with Crippen LogP contribution in [0.2, 0.25) is 0 Å². The number of carbonyl (C=O) groups is 2. The number of nitrogens with zero attached hydrogens (tertiary/aromatic N) is 2. The summed E-state index contributed by atoms with van der Waals surface area (Å²) >= 11 is 0. The fourth-order valence-corrected chi connectivity index (χ4v) is 2.37. The predicted octanol–water partition coefficient (Wildman–Crippen LogP) is 2.81. The van der Waals surface area contributed by atoms with E-state index in [1.807, 2.05) is 18.2 Å². The van der Waals surface area contributed by atoms with Gasteiger partial charge in [-0.15, -0.1) is 0 Å². The van der Waals surface area contributed by atoms with Crippen molar-refractivity contribution in [3.8, 4) is 0 Å². The van der Waals surface area contributed by atoms with Crippen molar-refractivity contribution in [1.29, 1.82) is 0 Å². The molecule has 0 N–H and O–H groups in total. The van der Waals surface area contributed by atoms with E-state index in [9.17, 15) is 9.59 Å². The summed E-state index contributed by atoms with van der Waals surface area (Å²) in [5.41, 5.74) is 3.62. The first-order valence-electron chi connectivity index (χ1n) is 7.21. The Morgan fingerprint density at radius 1 is 1.17 bits per heavy atom. The number of fused-ring (bicyclic) bond motifs is 1. The van der Waals surface area contributed by atoms with Crippen LogP contribution in [0.4, 0.5) is 5.69 Å². The average molecular weight is 308 g/mol. The first-order chi connectivity index (χ1) is 11.1. The molecule has 1 aliphatic rings. The zero-order valence-electron chi connectivity index (χ0n) is 12.9. The van der Waals surface area contributed by atoms with Crippen molar-refractivity contribution in [3.05, 3.63) is 64.7 Å². The summed E-state index contributed by atoms with van der Waals surface area (Å²) in [6.45, 7) is 0.262. The van der Waals surface area contributed by atoms with Gasteiger partial charge in [-0.3, -0.25) is 9.79 Å². The van der Waals surface area contributed by atoms with Crippen LogP contribution in [0, 0.1) is 0 Å². The van der Waals surface area contributed by atoms with Gasteiger partial charge in [0.15, 0.2) is 0 Å². The highest BCUT2D eigenvalue weighted by Crippen LogP contribution is 2.29. The highest BCUT2D eigenvalue weighted by molar-refractivity contribution is 5.96. The van der Waals surface area contributed by atoms with Crippen molar-refractivity contribution in [2.45, 2.75) is 6.61 Å². The van der Waals surface area contributed by atoms with Crippen LogP contribution >= 0.6 is 0 Å². The lowest BCUT2D eigenvalue weighted by Gasteiger charge is -2.09. The van der Waals surface area contributed by atoms with Crippen molar-refractivity contribution < 1.29 is 14.3 Å². The maximum absolute atomic E-state index is 11.8. The fourth-order valence-electron chi connectivity index (χ4n) is 2.37. The number of esters is 1. The molecule has 1 aliphatic heterocycles. The normalized spacial score (nSPS) is 13.0. The van der Waals surface area contributed by atoms with E-state index >= 15 is 0 Å². The third kappa shape index (κ3) is 2.99. The molecule has 2 aromatic rings. The molecule has 23 heavy (non-hydrogen) atoms. The van der Waals surface area contributed by atoms with Crippen LogP contribution in [-0.2, 0) is 11.3 Å². The average Bonchev–Trinajstić information content (AvgIpc) is 2.95. The Morgan fingerprint density at radius 2 is 1.91 bits per heavy atom. The second kappa shape index (κ2) is 6.04. The lowest BCUT2D eigenvalue weighted by molar-refractivity contribution is 0.0535. The van der Waals surface area contributed by atoms with Gasteiger partial charge in [0.2, 0.25) is 0 Å². The maximum Gasteiger partial charge on any atom is 0.338 e. The zero-order valence-corrected chi connectivity index (χ0v) is 12.9. The van der Waals surface area contributed by atoms with Crippen LogP contribution in [0.3, 0.4) is 0 Å². The monoisotopic (exact) mass is 308 g/mol. The molecule has 0 fully saturated rings. The molecule has 116 valence electrons. The summed E-state index contributed by atoms with van der Waals surface area (Å²) in [6.07, 6.45) is 1.71. The van der Waals surface area contributed by atoms with Crippen molar-refractivity contribution in [2.24, 2.45) is 4.99 Å². The Morgan fingerprint density at radius 3 is 2.61 bits per heavy atom. The van der Waals surface area contributed by atoms with E-state index in [1.54, 1.807) is 44.6 Å². The quantitative estimate of drug-likeness (QED) is 0.647. The number of benzene rings is 2. The van der Waals surface area contributed by atoms with Crippen molar-refractivity contribution in [2.75, 3.05) is 14.1 Å². The standard InChI is InChI=1S/C18H16N2O3/c1-20(2)17(21)13-8-6-12(7-9-13)10-19-16-5-3-4-14-15(16)11-23-18(14)22/h3-10H,11H2,1-2H3. The molecular formula is C18H16N2O3. The van der Waals surface area contributed by atoms with Gasteiger partial charge in [-0.2, -0.15) is 0 Å².